The van der Waals surface area contributed by atoms with Crippen LogP contribution in [0.1, 0.15) is 18.9 Å². The van der Waals surface area contributed by atoms with Crippen molar-refractivity contribution < 1.29 is 4.74 Å². The molecule has 28 heavy (non-hydrogen) atoms. The zero-order chi connectivity index (χ0) is 19.6. The Hall–Kier alpha value is -2.83. The predicted molar refractivity (Wildman–Crippen MR) is 113 cm³/mol. The SMILES string of the molecule is CCNC(=NCCCc1cccc(OC)c1)N1CCN(c2ncccn2)CC1. The third kappa shape index (κ3) is 5.58. The van der Waals surface area contributed by atoms with Crippen molar-refractivity contribution in [1.82, 2.24) is 20.2 Å². The number of ether oxygens (including phenoxy) is 1. The Kier molecular flexibility index (Phi) is 7.46. The van der Waals surface area contributed by atoms with Crippen molar-refractivity contribution in [3.8, 4) is 5.75 Å². The smallest absolute Gasteiger partial charge is 0.225 e. The monoisotopic (exact) mass is 382 g/mol. The van der Waals surface area contributed by atoms with Gasteiger partial charge in [0.15, 0.2) is 5.96 Å². The summed E-state index contributed by atoms with van der Waals surface area (Å²) in [5.41, 5.74) is 1.29. The molecule has 1 N–H and O–H groups in total. The summed E-state index contributed by atoms with van der Waals surface area (Å²) in [5, 5.41) is 3.43. The Morgan fingerprint density at radius 3 is 2.64 bits per heavy atom. The Balaban J connectivity index is 1.50. The molecule has 1 saturated heterocycles. The molecular formula is C21H30N6O. The van der Waals surface area contributed by atoms with Gasteiger partial charge in [-0.25, -0.2) is 9.97 Å². The molecule has 0 amide bonds. The van der Waals surface area contributed by atoms with Gasteiger partial charge in [0.2, 0.25) is 5.95 Å². The molecule has 0 bridgehead atoms. The first kappa shape index (κ1) is 19.9. The number of aliphatic imine (C=N–C) groups is 1. The van der Waals surface area contributed by atoms with Crippen LogP contribution in [0.3, 0.4) is 0 Å². The van der Waals surface area contributed by atoms with Gasteiger partial charge in [-0.1, -0.05) is 12.1 Å². The van der Waals surface area contributed by atoms with Crippen molar-refractivity contribution in [2.45, 2.75) is 19.8 Å². The highest BCUT2D eigenvalue weighted by Crippen LogP contribution is 2.14. The van der Waals surface area contributed by atoms with Gasteiger partial charge in [-0.3, -0.25) is 4.99 Å². The lowest BCUT2D eigenvalue weighted by Gasteiger charge is -2.36. The molecule has 1 aromatic heterocycles. The van der Waals surface area contributed by atoms with Crippen LogP contribution in [0.5, 0.6) is 5.75 Å². The van der Waals surface area contributed by atoms with E-state index in [2.05, 4.69) is 44.1 Å². The van der Waals surface area contributed by atoms with Crippen molar-refractivity contribution in [3.63, 3.8) is 0 Å². The topological polar surface area (TPSA) is 65.9 Å². The first-order chi connectivity index (χ1) is 13.8. The van der Waals surface area contributed by atoms with E-state index in [1.807, 2.05) is 18.2 Å². The Bertz CT molecular complexity index is 744. The van der Waals surface area contributed by atoms with E-state index in [0.717, 1.165) is 69.8 Å². The fraction of sp³-hybridized carbons (Fsp3) is 0.476. The van der Waals surface area contributed by atoms with E-state index in [-0.39, 0.29) is 0 Å². The van der Waals surface area contributed by atoms with Crippen molar-refractivity contribution in [2.75, 3.05) is 51.3 Å². The van der Waals surface area contributed by atoms with Crippen LogP contribution in [-0.2, 0) is 6.42 Å². The fourth-order valence-electron chi connectivity index (χ4n) is 3.29. The first-order valence-electron chi connectivity index (χ1n) is 9.98. The van der Waals surface area contributed by atoms with Gasteiger partial charge in [0.1, 0.15) is 5.75 Å². The zero-order valence-electron chi connectivity index (χ0n) is 16.8. The maximum Gasteiger partial charge on any atom is 0.225 e. The molecule has 1 aromatic carbocycles. The maximum atomic E-state index is 5.29. The number of anilines is 1. The van der Waals surface area contributed by atoms with Crippen molar-refractivity contribution in [3.05, 3.63) is 48.3 Å². The fourth-order valence-corrected chi connectivity index (χ4v) is 3.29. The first-order valence-corrected chi connectivity index (χ1v) is 9.98. The molecule has 0 saturated carbocycles. The minimum Gasteiger partial charge on any atom is -0.497 e. The van der Waals surface area contributed by atoms with Crippen LogP contribution >= 0.6 is 0 Å². The number of methoxy groups -OCH3 is 1. The normalized spacial score (nSPS) is 14.9. The summed E-state index contributed by atoms with van der Waals surface area (Å²) in [6, 6.07) is 10.1. The Labute approximate surface area is 167 Å². The van der Waals surface area contributed by atoms with Crippen molar-refractivity contribution in [2.24, 2.45) is 4.99 Å². The van der Waals surface area contributed by atoms with Crippen LogP contribution in [0.4, 0.5) is 5.95 Å². The van der Waals surface area contributed by atoms with Gasteiger partial charge in [0.05, 0.1) is 7.11 Å². The second-order valence-electron chi connectivity index (χ2n) is 6.71. The summed E-state index contributed by atoms with van der Waals surface area (Å²) in [5.74, 6) is 2.72. The molecule has 2 heterocycles. The van der Waals surface area contributed by atoms with Crippen LogP contribution < -0.4 is 15.0 Å². The molecule has 1 aliphatic heterocycles. The minimum absolute atomic E-state index is 0.807. The largest absolute Gasteiger partial charge is 0.497 e. The second-order valence-corrected chi connectivity index (χ2v) is 6.71. The van der Waals surface area contributed by atoms with Crippen LogP contribution in [0.2, 0.25) is 0 Å². The number of hydrogen-bond acceptors (Lipinski definition) is 5. The van der Waals surface area contributed by atoms with Gasteiger partial charge < -0.3 is 19.9 Å². The molecule has 3 rings (SSSR count). The van der Waals surface area contributed by atoms with Gasteiger partial charge in [0, 0.05) is 51.7 Å². The van der Waals surface area contributed by atoms with E-state index in [9.17, 15) is 0 Å². The van der Waals surface area contributed by atoms with E-state index in [0.29, 0.717) is 0 Å². The van der Waals surface area contributed by atoms with E-state index in [1.165, 1.54) is 5.56 Å². The summed E-state index contributed by atoms with van der Waals surface area (Å²) in [6.45, 7) is 7.43. The van der Waals surface area contributed by atoms with E-state index in [4.69, 9.17) is 9.73 Å². The van der Waals surface area contributed by atoms with Crippen LogP contribution in [0, 0.1) is 0 Å². The number of hydrogen-bond donors (Lipinski definition) is 1. The molecule has 2 aromatic rings. The quantitative estimate of drug-likeness (QED) is 0.450. The highest BCUT2D eigenvalue weighted by Gasteiger charge is 2.20. The molecule has 1 fully saturated rings. The molecule has 0 spiro atoms. The van der Waals surface area contributed by atoms with Gasteiger partial charge in [0.25, 0.3) is 0 Å². The average Bonchev–Trinajstić information content (AvgIpc) is 2.77. The van der Waals surface area contributed by atoms with E-state index in [1.54, 1.807) is 19.5 Å². The van der Waals surface area contributed by atoms with Gasteiger partial charge in [-0.15, -0.1) is 0 Å². The number of guanidine groups is 1. The number of nitrogens with zero attached hydrogens (tertiary/aromatic N) is 5. The van der Waals surface area contributed by atoms with Gasteiger partial charge >= 0.3 is 0 Å². The third-order valence-corrected chi connectivity index (χ3v) is 4.77. The Morgan fingerprint density at radius 1 is 1.14 bits per heavy atom. The lowest BCUT2D eigenvalue weighted by molar-refractivity contribution is 0.370. The zero-order valence-corrected chi connectivity index (χ0v) is 16.8. The highest BCUT2D eigenvalue weighted by molar-refractivity contribution is 5.80. The Morgan fingerprint density at radius 2 is 1.93 bits per heavy atom. The molecule has 0 radical (unpaired) electrons. The summed E-state index contributed by atoms with van der Waals surface area (Å²) < 4.78 is 5.29. The highest BCUT2D eigenvalue weighted by atomic mass is 16.5. The lowest BCUT2D eigenvalue weighted by Crippen LogP contribution is -2.53. The number of piperazine rings is 1. The molecule has 0 aliphatic carbocycles. The van der Waals surface area contributed by atoms with Crippen LogP contribution in [-0.4, -0.2) is 67.2 Å². The minimum atomic E-state index is 0.807. The van der Waals surface area contributed by atoms with Crippen molar-refractivity contribution >= 4 is 11.9 Å². The summed E-state index contributed by atoms with van der Waals surface area (Å²) in [7, 11) is 1.70. The lowest BCUT2D eigenvalue weighted by atomic mass is 10.1. The number of rotatable bonds is 7. The van der Waals surface area contributed by atoms with E-state index < -0.39 is 0 Å². The number of aryl methyl sites for hydroxylation is 1. The van der Waals surface area contributed by atoms with Crippen LogP contribution in [0.15, 0.2) is 47.7 Å². The molecular weight excluding hydrogens is 352 g/mol. The number of nitrogens with one attached hydrogen (secondary N) is 1. The molecule has 0 unspecified atom stereocenters. The third-order valence-electron chi connectivity index (χ3n) is 4.77. The molecule has 7 nitrogen and oxygen atoms in total. The van der Waals surface area contributed by atoms with E-state index >= 15 is 0 Å². The van der Waals surface area contributed by atoms with Gasteiger partial charge in [-0.2, -0.15) is 0 Å². The molecule has 1 aliphatic rings. The molecule has 0 atom stereocenters. The van der Waals surface area contributed by atoms with Gasteiger partial charge in [-0.05, 0) is 43.5 Å². The van der Waals surface area contributed by atoms with Crippen molar-refractivity contribution in [1.29, 1.82) is 0 Å². The second kappa shape index (κ2) is 10.5. The van der Waals surface area contributed by atoms with Crippen LogP contribution in [0.25, 0.3) is 0 Å². The predicted octanol–water partition coefficient (Wildman–Crippen LogP) is 2.21. The average molecular weight is 383 g/mol. The summed E-state index contributed by atoms with van der Waals surface area (Å²) in [4.78, 5) is 18.1. The molecule has 150 valence electrons. The number of aromatic nitrogens is 2. The molecule has 7 heteroatoms. The standard InChI is InChI=1S/C21H30N6O/c1-3-22-20(23-10-5-8-18-7-4-9-19(17-18)28-2)26-13-15-27(16-14-26)21-24-11-6-12-25-21/h4,6-7,9,11-12,17H,3,5,8,10,13-16H2,1-2H3,(H,22,23). The number of benzene rings is 1. The summed E-state index contributed by atoms with van der Waals surface area (Å²) >= 11 is 0. The summed E-state index contributed by atoms with van der Waals surface area (Å²) in [6.07, 6.45) is 5.60. The maximum absolute atomic E-state index is 5.29.